The fourth-order valence-electron chi connectivity index (χ4n) is 1.22. The average molecular weight is 252 g/mol. The predicted molar refractivity (Wildman–Crippen MR) is 62.7 cm³/mol. The third kappa shape index (κ3) is 4.75. The van der Waals surface area contributed by atoms with Gasteiger partial charge in [-0.2, -0.15) is 0 Å². The molecule has 18 heavy (non-hydrogen) atoms. The first-order valence-electron chi connectivity index (χ1n) is 5.73. The molecule has 1 aliphatic heterocycles. The molecule has 1 aliphatic rings. The molecule has 0 amide bonds. The lowest BCUT2D eigenvalue weighted by atomic mass is 10.4. The monoisotopic (exact) mass is 252 g/mol. The molecule has 98 valence electrons. The number of hydrogen-bond acceptors (Lipinski definition) is 5. The topological polar surface area (TPSA) is 68.3 Å². The largest absolute Gasteiger partial charge is 0.467 e. The molecule has 3 rings (SSSR count). The van der Waals surface area contributed by atoms with E-state index in [9.17, 15) is 0 Å². The Bertz CT molecular complexity index is 368. The quantitative estimate of drug-likeness (QED) is 0.824. The van der Waals surface area contributed by atoms with Gasteiger partial charge in [-0.1, -0.05) is 0 Å². The maximum absolute atomic E-state index is 8.08. The fourth-order valence-corrected chi connectivity index (χ4v) is 1.22. The average Bonchev–Trinajstić information content (AvgIpc) is 2.88. The van der Waals surface area contributed by atoms with Crippen LogP contribution in [0.3, 0.4) is 0 Å². The number of aliphatic hydroxyl groups is 1. The van der Waals surface area contributed by atoms with Gasteiger partial charge in [0.2, 0.25) is 0 Å². The van der Waals surface area contributed by atoms with Gasteiger partial charge in [-0.15, -0.1) is 0 Å². The zero-order valence-electron chi connectivity index (χ0n) is 9.95. The molecule has 0 bridgehead atoms. The summed E-state index contributed by atoms with van der Waals surface area (Å²) in [5, 5.41) is 8.08. The molecular formula is C13H16O5. The second-order valence-corrected chi connectivity index (χ2v) is 3.79. The summed E-state index contributed by atoms with van der Waals surface area (Å²) < 4.78 is 20.1. The molecule has 1 atom stereocenters. The van der Waals surface area contributed by atoms with Gasteiger partial charge in [0.25, 0.3) is 0 Å². The molecule has 3 heterocycles. The highest BCUT2D eigenvalue weighted by Crippen LogP contribution is 2.06. The Morgan fingerprint density at radius 1 is 1.11 bits per heavy atom. The molecule has 0 aliphatic carbocycles. The second-order valence-electron chi connectivity index (χ2n) is 3.79. The molecule has 2 aromatic rings. The van der Waals surface area contributed by atoms with Crippen molar-refractivity contribution in [2.45, 2.75) is 19.3 Å². The fraction of sp³-hybridized carbons (Fsp3) is 0.385. The summed E-state index contributed by atoms with van der Waals surface area (Å²) in [7, 11) is 0. The van der Waals surface area contributed by atoms with Crippen LogP contribution >= 0.6 is 0 Å². The van der Waals surface area contributed by atoms with Gasteiger partial charge in [-0.3, -0.25) is 0 Å². The first-order chi connectivity index (χ1) is 8.88. The van der Waals surface area contributed by atoms with Gasteiger partial charge < -0.3 is 23.4 Å². The van der Waals surface area contributed by atoms with Gasteiger partial charge in [0.15, 0.2) is 0 Å². The number of furan rings is 2. The lowest BCUT2D eigenvalue weighted by molar-refractivity contribution is 0.0803. The minimum Gasteiger partial charge on any atom is -0.467 e. The Morgan fingerprint density at radius 3 is 1.94 bits per heavy atom. The van der Waals surface area contributed by atoms with Crippen molar-refractivity contribution >= 4 is 0 Å². The van der Waals surface area contributed by atoms with Gasteiger partial charge in [0, 0.05) is 0 Å². The second kappa shape index (κ2) is 7.00. The molecular weight excluding hydrogens is 236 g/mol. The van der Waals surface area contributed by atoms with E-state index in [0.717, 1.165) is 18.1 Å². The van der Waals surface area contributed by atoms with Crippen LogP contribution < -0.4 is 0 Å². The van der Waals surface area contributed by atoms with E-state index >= 15 is 0 Å². The van der Waals surface area contributed by atoms with Crippen molar-refractivity contribution in [2.24, 2.45) is 0 Å². The first-order valence-corrected chi connectivity index (χ1v) is 5.73. The zero-order valence-corrected chi connectivity index (χ0v) is 9.95. The Kier molecular flexibility index (Phi) is 5.01. The predicted octanol–water partition coefficient (Wildman–Crippen LogP) is 1.97. The molecule has 1 unspecified atom stereocenters. The van der Waals surface area contributed by atoms with Gasteiger partial charge in [-0.05, 0) is 24.3 Å². The Hall–Kier alpha value is -1.56. The van der Waals surface area contributed by atoms with E-state index in [2.05, 4.69) is 4.74 Å². The van der Waals surface area contributed by atoms with E-state index in [1.807, 2.05) is 24.3 Å². The molecule has 5 nitrogen and oxygen atoms in total. The highest BCUT2D eigenvalue weighted by molar-refractivity contribution is 4.98. The number of ether oxygens (including phenoxy) is 2. The highest BCUT2D eigenvalue weighted by Gasteiger charge is 2.19. The van der Waals surface area contributed by atoms with Gasteiger partial charge >= 0.3 is 0 Å². The van der Waals surface area contributed by atoms with Crippen LogP contribution in [-0.2, 0) is 22.7 Å². The van der Waals surface area contributed by atoms with Crippen molar-refractivity contribution in [3.63, 3.8) is 0 Å². The third-order valence-electron chi connectivity index (χ3n) is 2.25. The molecule has 0 radical (unpaired) electrons. The Labute approximate surface area is 105 Å². The van der Waals surface area contributed by atoms with Crippen LogP contribution in [0, 0.1) is 0 Å². The highest BCUT2D eigenvalue weighted by atomic mass is 16.6. The summed E-state index contributed by atoms with van der Waals surface area (Å²) in [5.74, 6) is 1.65. The van der Waals surface area contributed by atoms with Crippen LogP contribution in [0.5, 0.6) is 0 Å². The summed E-state index contributed by atoms with van der Waals surface area (Å²) in [4.78, 5) is 0. The SMILES string of the molecule is OCC1CO1.c1coc(COCc2ccco2)c1. The molecule has 2 aromatic heterocycles. The van der Waals surface area contributed by atoms with Crippen LogP contribution in [0.25, 0.3) is 0 Å². The molecule has 0 spiro atoms. The van der Waals surface area contributed by atoms with E-state index < -0.39 is 0 Å². The molecule has 0 aromatic carbocycles. The number of aliphatic hydroxyl groups excluding tert-OH is 1. The van der Waals surface area contributed by atoms with Crippen LogP contribution in [0.2, 0.25) is 0 Å². The minimum absolute atomic E-state index is 0.190. The van der Waals surface area contributed by atoms with Crippen molar-refractivity contribution < 1.29 is 23.4 Å². The Morgan fingerprint density at radius 2 is 1.67 bits per heavy atom. The van der Waals surface area contributed by atoms with Crippen molar-refractivity contribution in [3.05, 3.63) is 48.3 Å². The lowest BCUT2D eigenvalue weighted by Crippen LogP contribution is -1.90. The number of hydrogen-bond donors (Lipinski definition) is 1. The summed E-state index contributed by atoms with van der Waals surface area (Å²) in [6.45, 7) is 1.91. The maximum Gasteiger partial charge on any atom is 0.129 e. The van der Waals surface area contributed by atoms with E-state index in [1.54, 1.807) is 12.5 Å². The lowest BCUT2D eigenvalue weighted by Gasteiger charge is -1.98. The van der Waals surface area contributed by atoms with E-state index in [-0.39, 0.29) is 12.7 Å². The van der Waals surface area contributed by atoms with Crippen molar-refractivity contribution in [3.8, 4) is 0 Å². The summed E-state index contributed by atoms with van der Waals surface area (Å²) in [6.07, 6.45) is 3.45. The molecule has 0 saturated carbocycles. The smallest absolute Gasteiger partial charge is 0.129 e. The first kappa shape index (κ1) is 12.9. The van der Waals surface area contributed by atoms with Crippen LogP contribution in [0.15, 0.2) is 45.6 Å². The standard InChI is InChI=1S/C10H10O3.C3H6O2/c1-3-9(12-5-1)7-11-8-10-4-2-6-13-10;4-1-3-2-5-3/h1-6H,7-8H2;3-4H,1-2H2. The molecule has 1 fully saturated rings. The van der Waals surface area contributed by atoms with E-state index in [0.29, 0.717) is 13.2 Å². The number of epoxide rings is 1. The minimum atomic E-state index is 0.190. The summed E-state index contributed by atoms with van der Waals surface area (Å²) in [6, 6.07) is 7.43. The Balaban J connectivity index is 0.000000202. The molecule has 5 heteroatoms. The summed E-state index contributed by atoms with van der Waals surface area (Å²) >= 11 is 0. The zero-order chi connectivity index (χ0) is 12.6. The van der Waals surface area contributed by atoms with Crippen LogP contribution in [0.4, 0.5) is 0 Å². The normalized spacial score (nSPS) is 17.1. The van der Waals surface area contributed by atoms with Crippen LogP contribution in [0.1, 0.15) is 11.5 Å². The van der Waals surface area contributed by atoms with Gasteiger partial charge in [-0.25, -0.2) is 0 Å². The molecule has 1 saturated heterocycles. The van der Waals surface area contributed by atoms with Gasteiger partial charge in [0.05, 0.1) is 25.7 Å². The summed E-state index contributed by atoms with van der Waals surface area (Å²) in [5.41, 5.74) is 0. The van der Waals surface area contributed by atoms with Crippen LogP contribution in [-0.4, -0.2) is 24.4 Å². The third-order valence-corrected chi connectivity index (χ3v) is 2.25. The molecule has 1 N–H and O–H groups in total. The van der Waals surface area contributed by atoms with Crippen molar-refractivity contribution in [1.29, 1.82) is 0 Å². The number of rotatable bonds is 5. The van der Waals surface area contributed by atoms with Crippen molar-refractivity contribution in [1.82, 2.24) is 0 Å². The maximum atomic E-state index is 8.08. The van der Waals surface area contributed by atoms with E-state index in [4.69, 9.17) is 18.7 Å². The van der Waals surface area contributed by atoms with Gasteiger partial charge in [0.1, 0.15) is 30.8 Å². The van der Waals surface area contributed by atoms with Crippen molar-refractivity contribution in [2.75, 3.05) is 13.2 Å². The van der Waals surface area contributed by atoms with E-state index in [1.165, 1.54) is 0 Å².